The summed E-state index contributed by atoms with van der Waals surface area (Å²) in [5, 5.41) is 2.68. The zero-order valence-electron chi connectivity index (χ0n) is 11.7. The minimum absolute atomic E-state index is 0.248. The molecule has 1 amide bonds. The van der Waals surface area contributed by atoms with Gasteiger partial charge in [-0.2, -0.15) is 0 Å². The maximum absolute atomic E-state index is 13.1. The molecule has 0 aromatic heterocycles. The molecule has 2 aromatic rings. The number of carbonyl (C=O) groups is 1. The third-order valence-electron chi connectivity index (χ3n) is 2.99. The van der Waals surface area contributed by atoms with Crippen molar-refractivity contribution < 1.29 is 13.9 Å². The molecule has 0 fully saturated rings. The maximum atomic E-state index is 13.1. The predicted molar refractivity (Wildman–Crippen MR) is 79.9 cm³/mol. The third kappa shape index (κ3) is 3.29. The van der Waals surface area contributed by atoms with Crippen LogP contribution in [0.5, 0.6) is 5.75 Å². The Morgan fingerprint density at radius 2 is 1.90 bits per heavy atom. The predicted octanol–water partition coefficient (Wildman–Crippen LogP) is 2.68. The fourth-order valence-electron chi connectivity index (χ4n) is 1.93. The molecule has 21 heavy (non-hydrogen) atoms. The van der Waals surface area contributed by atoms with Crippen molar-refractivity contribution in [1.29, 1.82) is 0 Å². The van der Waals surface area contributed by atoms with Gasteiger partial charge in [0.1, 0.15) is 11.6 Å². The largest absolute Gasteiger partial charge is 0.494 e. The van der Waals surface area contributed by atoms with Crippen LogP contribution in [0.4, 0.5) is 15.8 Å². The van der Waals surface area contributed by atoms with Crippen LogP contribution < -0.4 is 21.3 Å². The molecule has 0 radical (unpaired) electrons. The van der Waals surface area contributed by atoms with Gasteiger partial charge in [0.05, 0.1) is 24.0 Å². The van der Waals surface area contributed by atoms with Gasteiger partial charge in [-0.05, 0) is 31.2 Å². The highest BCUT2D eigenvalue weighted by Crippen LogP contribution is 2.26. The number of nitrogens with one attached hydrogen (secondary N) is 2. The summed E-state index contributed by atoms with van der Waals surface area (Å²) in [5.41, 5.74) is 4.67. The van der Waals surface area contributed by atoms with E-state index in [0.29, 0.717) is 16.9 Å². The average Bonchev–Trinajstić information content (AvgIpc) is 2.48. The van der Waals surface area contributed by atoms with Gasteiger partial charge in [-0.3, -0.25) is 10.6 Å². The molecular formula is C15H16FN3O2. The molecule has 0 aliphatic rings. The van der Waals surface area contributed by atoms with E-state index in [4.69, 9.17) is 10.6 Å². The Hall–Kier alpha value is -2.60. The first kappa shape index (κ1) is 14.8. The Kier molecular flexibility index (Phi) is 4.39. The van der Waals surface area contributed by atoms with Crippen molar-refractivity contribution in [3.63, 3.8) is 0 Å². The lowest BCUT2D eigenvalue weighted by molar-refractivity contribution is 0.102. The number of nitrogen functional groups attached to an aromatic ring is 1. The Bertz CT molecular complexity index is 674. The van der Waals surface area contributed by atoms with E-state index < -0.39 is 5.82 Å². The summed E-state index contributed by atoms with van der Waals surface area (Å²) in [7, 11) is 1.41. The minimum atomic E-state index is -0.440. The smallest absolute Gasteiger partial charge is 0.257 e. The first-order chi connectivity index (χ1) is 10.0. The molecule has 5 nitrogen and oxygen atoms in total. The number of amides is 1. The van der Waals surface area contributed by atoms with E-state index in [1.807, 2.05) is 13.0 Å². The molecule has 0 spiro atoms. The van der Waals surface area contributed by atoms with Crippen molar-refractivity contribution in [1.82, 2.24) is 0 Å². The lowest BCUT2D eigenvalue weighted by atomic mass is 10.1. The van der Waals surface area contributed by atoms with Gasteiger partial charge < -0.3 is 15.5 Å². The fraction of sp³-hybridized carbons (Fsp3) is 0.133. The number of methoxy groups -OCH3 is 1. The topological polar surface area (TPSA) is 76.4 Å². The highest BCUT2D eigenvalue weighted by atomic mass is 19.1. The quantitative estimate of drug-likeness (QED) is 0.597. The van der Waals surface area contributed by atoms with E-state index in [-0.39, 0.29) is 11.7 Å². The summed E-state index contributed by atoms with van der Waals surface area (Å²) in [6.07, 6.45) is 0. The van der Waals surface area contributed by atoms with Crippen molar-refractivity contribution in [2.24, 2.45) is 5.84 Å². The summed E-state index contributed by atoms with van der Waals surface area (Å²) in [4.78, 5) is 12.3. The zero-order valence-corrected chi connectivity index (χ0v) is 11.7. The van der Waals surface area contributed by atoms with E-state index in [1.165, 1.54) is 25.3 Å². The number of hydrogen-bond acceptors (Lipinski definition) is 4. The van der Waals surface area contributed by atoms with Crippen LogP contribution in [-0.2, 0) is 0 Å². The molecular weight excluding hydrogens is 273 g/mol. The summed E-state index contributed by atoms with van der Waals surface area (Å²) in [6, 6.07) is 9.15. The zero-order chi connectivity index (χ0) is 15.4. The van der Waals surface area contributed by atoms with Gasteiger partial charge in [0.2, 0.25) is 0 Å². The van der Waals surface area contributed by atoms with Crippen LogP contribution in [0.15, 0.2) is 36.4 Å². The van der Waals surface area contributed by atoms with Gasteiger partial charge in [-0.1, -0.05) is 11.6 Å². The SMILES string of the molecule is COc1cc(F)ccc1NC(=O)c1cc(C)ccc1NN. The van der Waals surface area contributed by atoms with E-state index in [2.05, 4.69) is 10.7 Å². The second kappa shape index (κ2) is 6.23. The Labute approximate surface area is 121 Å². The van der Waals surface area contributed by atoms with Crippen LogP contribution in [-0.4, -0.2) is 13.0 Å². The molecule has 6 heteroatoms. The van der Waals surface area contributed by atoms with E-state index in [1.54, 1.807) is 12.1 Å². The Balaban J connectivity index is 2.32. The molecule has 2 aromatic carbocycles. The molecule has 0 bridgehead atoms. The number of halogens is 1. The van der Waals surface area contributed by atoms with Crippen LogP contribution >= 0.6 is 0 Å². The van der Waals surface area contributed by atoms with Crippen LogP contribution in [0.1, 0.15) is 15.9 Å². The van der Waals surface area contributed by atoms with E-state index in [0.717, 1.165) is 5.56 Å². The molecule has 110 valence electrons. The van der Waals surface area contributed by atoms with Crippen LogP contribution in [0.25, 0.3) is 0 Å². The number of ether oxygens (including phenoxy) is 1. The summed E-state index contributed by atoms with van der Waals surface area (Å²) in [6.45, 7) is 1.87. The molecule has 4 N–H and O–H groups in total. The van der Waals surface area contributed by atoms with Gasteiger partial charge in [0.25, 0.3) is 5.91 Å². The lowest BCUT2D eigenvalue weighted by Crippen LogP contribution is -2.17. The van der Waals surface area contributed by atoms with Crippen molar-refractivity contribution in [2.45, 2.75) is 6.92 Å². The summed E-state index contributed by atoms with van der Waals surface area (Å²) in [5.74, 6) is 4.85. The first-order valence-corrected chi connectivity index (χ1v) is 6.27. The normalized spacial score (nSPS) is 10.1. The Morgan fingerprint density at radius 3 is 2.57 bits per heavy atom. The van der Waals surface area contributed by atoms with Gasteiger partial charge in [0.15, 0.2) is 0 Å². The number of rotatable bonds is 4. The number of anilines is 2. The average molecular weight is 289 g/mol. The number of carbonyl (C=O) groups excluding carboxylic acids is 1. The maximum Gasteiger partial charge on any atom is 0.257 e. The van der Waals surface area contributed by atoms with Gasteiger partial charge in [-0.15, -0.1) is 0 Å². The van der Waals surface area contributed by atoms with Crippen molar-refractivity contribution in [3.8, 4) is 5.75 Å². The molecule has 0 saturated carbocycles. The van der Waals surface area contributed by atoms with Crippen LogP contribution in [0.3, 0.4) is 0 Å². The molecule has 0 aliphatic carbocycles. The van der Waals surface area contributed by atoms with Crippen molar-refractivity contribution in [3.05, 3.63) is 53.3 Å². The van der Waals surface area contributed by atoms with Crippen molar-refractivity contribution in [2.75, 3.05) is 17.9 Å². The van der Waals surface area contributed by atoms with Gasteiger partial charge >= 0.3 is 0 Å². The number of nitrogens with two attached hydrogens (primary N) is 1. The number of benzene rings is 2. The monoisotopic (exact) mass is 289 g/mol. The molecule has 0 aliphatic heterocycles. The molecule has 0 heterocycles. The summed E-state index contributed by atoms with van der Waals surface area (Å²) >= 11 is 0. The fourth-order valence-corrected chi connectivity index (χ4v) is 1.93. The first-order valence-electron chi connectivity index (χ1n) is 6.27. The summed E-state index contributed by atoms with van der Waals surface area (Å²) < 4.78 is 18.2. The Morgan fingerprint density at radius 1 is 1.19 bits per heavy atom. The minimum Gasteiger partial charge on any atom is -0.494 e. The van der Waals surface area contributed by atoms with Crippen molar-refractivity contribution >= 4 is 17.3 Å². The van der Waals surface area contributed by atoms with E-state index in [9.17, 15) is 9.18 Å². The van der Waals surface area contributed by atoms with Crippen LogP contribution in [0, 0.1) is 12.7 Å². The number of hydrogen-bond donors (Lipinski definition) is 3. The molecule has 0 saturated heterocycles. The number of aryl methyl sites for hydroxylation is 1. The molecule has 0 unspecified atom stereocenters. The standard InChI is InChI=1S/C15H16FN3O2/c1-9-3-5-12(19-17)11(7-9)15(20)18-13-6-4-10(16)8-14(13)21-2/h3-8,19H,17H2,1-2H3,(H,18,20). The molecule has 2 rings (SSSR count). The number of hydrazine groups is 1. The second-order valence-electron chi connectivity index (χ2n) is 4.49. The van der Waals surface area contributed by atoms with E-state index >= 15 is 0 Å². The highest BCUT2D eigenvalue weighted by molar-refractivity contribution is 6.08. The molecule has 0 atom stereocenters. The second-order valence-corrected chi connectivity index (χ2v) is 4.49. The lowest BCUT2D eigenvalue weighted by Gasteiger charge is -2.13. The third-order valence-corrected chi connectivity index (χ3v) is 2.99. The van der Waals surface area contributed by atoms with Gasteiger partial charge in [-0.25, -0.2) is 4.39 Å². The highest BCUT2D eigenvalue weighted by Gasteiger charge is 2.14. The van der Waals surface area contributed by atoms with Gasteiger partial charge in [0, 0.05) is 6.07 Å². The van der Waals surface area contributed by atoms with Crippen LogP contribution in [0.2, 0.25) is 0 Å².